The van der Waals surface area contributed by atoms with E-state index in [-0.39, 0.29) is 6.04 Å². The number of nitrogens with one attached hydrogen (secondary N) is 1. The van der Waals surface area contributed by atoms with Gasteiger partial charge in [-0.15, -0.1) is 5.10 Å². The van der Waals surface area contributed by atoms with Crippen LogP contribution in [0.3, 0.4) is 0 Å². The molecule has 4 aromatic heterocycles. The first-order chi connectivity index (χ1) is 13.3. The maximum atomic E-state index is 5.74. The van der Waals surface area contributed by atoms with E-state index >= 15 is 0 Å². The Bertz CT molecular complexity index is 1140. The van der Waals surface area contributed by atoms with Crippen molar-refractivity contribution in [3.8, 4) is 0 Å². The van der Waals surface area contributed by atoms with Crippen molar-refractivity contribution in [3.63, 3.8) is 0 Å². The Balaban J connectivity index is 1.52. The highest BCUT2D eigenvalue weighted by molar-refractivity contribution is 5.59. The Hall–Kier alpha value is -3.16. The highest BCUT2D eigenvalue weighted by Gasteiger charge is 2.36. The van der Waals surface area contributed by atoms with Gasteiger partial charge < -0.3 is 14.3 Å². The quantitative estimate of drug-likeness (QED) is 0.604. The van der Waals surface area contributed by atoms with Gasteiger partial charge in [-0.1, -0.05) is 11.2 Å². The minimum atomic E-state index is -0.146. The van der Waals surface area contributed by atoms with E-state index in [1.807, 2.05) is 17.6 Å². The molecule has 5 heterocycles. The zero-order chi connectivity index (χ0) is 18.0. The summed E-state index contributed by atoms with van der Waals surface area (Å²) in [5, 5.41) is 13.2. The van der Waals surface area contributed by atoms with Crippen molar-refractivity contribution >= 4 is 11.5 Å². The highest BCUT2D eigenvalue weighted by atomic mass is 16.4. The SMILES string of the molecule is Cc1nnc(N2CCc3[nH]cnc3[C@@H]2c2cc3c(C4CC4)cccn3n2)o1. The number of imidazole rings is 1. The molecule has 1 aliphatic carbocycles. The summed E-state index contributed by atoms with van der Waals surface area (Å²) in [6, 6.07) is 6.87. The summed E-state index contributed by atoms with van der Waals surface area (Å²) in [4.78, 5) is 9.98. The Morgan fingerprint density at radius 1 is 1.26 bits per heavy atom. The second-order valence-electron chi connectivity index (χ2n) is 7.35. The summed E-state index contributed by atoms with van der Waals surface area (Å²) in [6.07, 6.45) is 7.15. The predicted molar refractivity (Wildman–Crippen MR) is 97.7 cm³/mol. The molecule has 0 spiro atoms. The molecule has 6 rings (SSSR count). The number of hydrogen-bond donors (Lipinski definition) is 1. The van der Waals surface area contributed by atoms with Gasteiger partial charge >= 0.3 is 6.01 Å². The van der Waals surface area contributed by atoms with E-state index in [9.17, 15) is 0 Å². The number of aryl methyl sites for hydroxylation is 1. The maximum Gasteiger partial charge on any atom is 0.319 e. The molecule has 8 nitrogen and oxygen atoms in total. The largest absolute Gasteiger partial charge is 0.408 e. The molecule has 1 atom stereocenters. The number of H-pyrrole nitrogens is 1. The lowest BCUT2D eigenvalue weighted by atomic mass is 10.00. The highest BCUT2D eigenvalue weighted by Crippen LogP contribution is 2.43. The minimum Gasteiger partial charge on any atom is -0.408 e. The smallest absolute Gasteiger partial charge is 0.319 e. The maximum absolute atomic E-state index is 5.74. The third kappa shape index (κ3) is 2.29. The van der Waals surface area contributed by atoms with Crippen molar-refractivity contribution in [1.82, 2.24) is 29.8 Å². The zero-order valence-electron chi connectivity index (χ0n) is 15.0. The van der Waals surface area contributed by atoms with Gasteiger partial charge in [0, 0.05) is 31.8 Å². The lowest BCUT2D eigenvalue weighted by Crippen LogP contribution is -2.36. The average molecular weight is 361 g/mol. The van der Waals surface area contributed by atoms with Crippen LogP contribution in [0, 0.1) is 6.92 Å². The summed E-state index contributed by atoms with van der Waals surface area (Å²) in [6.45, 7) is 2.58. The van der Waals surface area contributed by atoms with E-state index in [4.69, 9.17) is 9.52 Å². The molecule has 0 amide bonds. The van der Waals surface area contributed by atoms with Crippen LogP contribution < -0.4 is 4.90 Å². The standard InChI is InChI=1S/C19H19N7O/c1-11-22-23-19(27-11)25-8-6-14-17(21-10-20-14)18(25)15-9-16-13(12-4-5-12)3-2-7-26(16)24-15/h2-3,7,9-10,12,18H,4-6,8H2,1H3,(H,20,21)/t18-/m0/s1. The van der Waals surface area contributed by atoms with Gasteiger partial charge in [0.25, 0.3) is 0 Å². The van der Waals surface area contributed by atoms with Gasteiger partial charge in [0.05, 0.1) is 23.2 Å². The summed E-state index contributed by atoms with van der Waals surface area (Å²) in [7, 11) is 0. The Morgan fingerprint density at radius 2 is 2.19 bits per heavy atom. The van der Waals surface area contributed by atoms with Crippen molar-refractivity contribution in [2.75, 3.05) is 11.4 Å². The normalized spacial score (nSPS) is 19.6. The number of anilines is 1. The number of rotatable bonds is 3. The van der Waals surface area contributed by atoms with Crippen LogP contribution in [0.15, 0.2) is 35.1 Å². The Labute approximate surface area is 155 Å². The summed E-state index contributed by atoms with van der Waals surface area (Å²) in [5.74, 6) is 1.22. The van der Waals surface area contributed by atoms with Crippen LogP contribution in [0.1, 0.15) is 53.3 Å². The molecule has 27 heavy (non-hydrogen) atoms. The van der Waals surface area contributed by atoms with E-state index < -0.39 is 0 Å². The average Bonchev–Trinajstić information content (AvgIpc) is 3.07. The van der Waals surface area contributed by atoms with Gasteiger partial charge in [0.2, 0.25) is 5.89 Å². The first kappa shape index (κ1) is 15.0. The molecule has 136 valence electrons. The molecule has 2 aliphatic rings. The van der Waals surface area contributed by atoms with Crippen LogP contribution in [0.5, 0.6) is 0 Å². The number of hydrogen-bond acceptors (Lipinski definition) is 6. The summed E-state index contributed by atoms with van der Waals surface area (Å²) < 4.78 is 7.73. The van der Waals surface area contributed by atoms with E-state index in [0.717, 1.165) is 30.0 Å². The molecule has 0 bridgehead atoms. The van der Waals surface area contributed by atoms with Crippen molar-refractivity contribution < 1.29 is 4.42 Å². The monoisotopic (exact) mass is 361 g/mol. The van der Waals surface area contributed by atoms with E-state index in [1.54, 1.807) is 6.33 Å². The Morgan fingerprint density at radius 3 is 3.00 bits per heavy atom. The Kier molecular flexibility index (Phi) is 3.00. The zero-order valence-corrected chi connectivity index (χ0v) is 15.0. The van der Waals surface area contributed by atoms with E-state index in [0.29, 0.717) is 17.8 Å². The molecule has 0 aromatic carbocycles. The van der Waals surface area contributed by atoms with Gasteiger partial charge in [0.15, 0.2) is 0 Å². The molecule has 1 N–H and O–H groups in total. The molecule has 4 aromatic rings. The lowest BCUT2D eigenvalue weighted by Gasteiger charge is -2.32. The van der Waals surface area contributed by atoms with Gasteiger partial charge in [-0.05, 0) is 36.5 Å². The van der Waals surface area contributed by atoms with Gasteiger partial charge in [-0.3, -0.25) is 0 Å². The first-order valence-corrected chi connectivity index (χ1v) is 9.35. The van der Waals surface area contributed by atoms with Crippen molar-refractivity contribution in [1.29, 1.82) is 0 Å². The number of aromatic amines is 1. The van der Waals surface area contributed by atoms with Crippen LogP contribution in [0.2, 0.25) is 0 Å². The molecule has 8 heteroatoms. The van der Waals surface area contributed by atoms with E-state index in [2.05, 4.69) is 43.3 Å². The third-order valence-electron chi connectivity index (χ3n) is 5.54. The fourth-order valence-corrected chi connectivity index (χ4v) is 4.11. The van der Waals surface area contributed by atoms with Crippen LogP contribution in [0.4, 0.5) is 6.01 Å². The fraction of sp³-hybridized carbons (Fsp3) is 0.368. The van der Waals surface area contributed by atoms with Crippen LogP contribution in [-0.4, -0.2) is 36.3 Å². The van der Waals surface area contributed by atoms with Crippen molar-refractivity contribution in [2.45, 2.75) is 38.1 Å². The van der Waals surface area contributed by atoms with Gasteiger partial charge in [-0.2, -0.15) is 5.10 Å². The first-order valence-electron chi connectivity index (χ1n) is 9.35. The molecule has 0 saturated heterocycles. The van der Waals surface area contributed by atoms with Crippen LogP contribution in [-0.2, 0) is 6.42 Å². The van der Waals surface area contributed by atoms with Gasteiger partial charge in [-0.25, -0.2) is 9.50 Å². The molecular formula is C19H19N7O. The summed E-state index contributed by atoms with van der Waals surface area (Å²) in [5.41, 5.74) is 5.64. The summed E-state index contributed by atoms with van der Waals surface area (Å²) >= 11 is 0. The lowest BCUT2D eigenvalue weighted by molar-refractivity contribution is 0.477. The fourth-order valence-electron chi connectivity index (χ4n) is 4.11. The second-order valence-corrected chi connectivity index (χ2v) is 7.35. The third-order valence-corrected chi connectivity index (χ3v) is 5.54. The molecule has 0 radical (unpaired) electrons. The van der Waals surface area contributed by atoms with Crippen LogP contribution >= 0.6 is 0 Å². The molecule has 1 fully saturated rings. The van der Waals surface area contributed by atoms with Crippen molar-refractivity contribution in [3.05, 3.63) is 59.3 Å². The molecule has 1 aliphatic heterocycles. The number of aromatic nitrogens is 6. The topological polar surface area (TPSA) is 88.1 Å². The van der Waals surface area contributed by atoms with Crippen molar-refractivity contribution in [2.24, 2.45) is 0 Å². The van der Waals surface area contributed by atoms with Crippen LogP contribution in [0.25, 0.3) is 5.52 Å². The predicted octanol–water partition coefficient (Wildman–Crippen LogP) is 2.78. The number of pyridine rings is 1. The number of nitrogens with zero attached hydrogens (tertiary/aromatic N) is 6. The second kappa shape index (κ2) is 5.42. The minimum absolute atomic E-state index is 0.146. The van der Waals surface area contributed by atoms with E-state index in [1.165, 1.54) is 23.9 Å². The molecule has 1 saturated carbocycles. The van der Waals surface area contributed by atoms with Gasteiger partial charge in [0.1, 0.15) is 6.04 Å². The molecular weight excluding hydrogens is 342 g/mol. The molecule has 0 unspecified atom stereocenters. The number of fused-ring (bicyclic) bond motifs is 2.